The van der Waals surface area contributed by atoms with Crippen molar-refractivity contribution in [2.24, 2.45) is 0 Å². The molecule has 2 aromatic heterocycles. The first-order chi connectivity index (χ1) is 13.9. The summed E-state index contributed by atoms with van der Waals surface area (Å²) in [6, 6.07) is 10.6. The van der Waals surface area contributed by atoms with Crippen LogP contribution in [0.25, 0.3) is 21.9 Å². The van der Waals surface area contributed by atoms with Crippen LogP contribution >= 0.6 is 0 Å². The molecule has 8 heteroatoms. The Hall–Kier alpha value is -4.07. The molecular formula is C21H14O8. The molecule has 2 heterocycles. The van der Waals surface area contributed by atoms with Crippen molar-refractivity contribution in [2.45, 2.75) is 6.92 Å². The van der Waals surface area contributed by atoms with Crippen LogP contribution in [0.2, 0.25) is 0 Å². The van der Waals surface area contributed by atoms with Crippen LogP contribution in [0.1, 0.15) is 5.56 Å². The number of fused-ring (bicyclic) bond motifs is 2. The molecule has 0 fully saturated rings. The predicted octanol–water partition coefficient (Wildman–Crippen LogP) is 4.15. The Bertz CT molecular complexity index is 1360. The van der Waals surface area contributed by atoms with Crippen molar-refractivity contribution in [3.8, 4) is 17.2 Å². The molecule has 0 saturated carbocycles. The molecule has 29 heavy (non-hydrogen) atoms. The number of aryl methyl sites for hydroxylation is 1. The van der Waals surface area contributed by atoms with Crippen LogP contribution < -0.4 is 20.5 Å². The Labute approximate surface area is 162 Å². The van der Waals surface area contributed by atoms with Crippen molar-refractivity contribution < 1.29 is 27.8 Å². The largest absolute Gasteiger partial charge is 0.513 e. The van der Waals surface area contributed by atoms with E-state index in [0.29, 0.717) is 11.3 Å². The maximum Gasteiger partial charge on any atom is 0.513 e. The molecule has 0 unspecified atom stereocenters. The highest BCUT2D eigenvalue weighted by Gasteiger charge is 2.13. The van der Waals surface area contributed by atoms with Gasteiger partial charge in [-0.2, -0.15) is 0 Å². The van der Waals surface area contributed by atoms with Gasteiger partial charge in [0.2, 0.25) is 11.2 Å². The number of methoxy groups -OCH3 is 1. The zero-order valence-corrected chi connectivity index (χ0v) is 15.4. The van der Waals surface area contributed by atoms with Crippen molar-refractivity contribution in [1.29, 1.82) is 0 Å². The first-order valence-corrected chi connectivity index (χ1v) is 8.48. The fraction of sp³-hybridized carbons (Fsp3) is 0.0952. The SMILES string of the molecule is COC(=O)Oc1ccc2c(=O)c(Oc3ccc4c(C)cc(=O)oc4c3)coc2c1. The molecule has 0 saturated heterocycles. The van der Waals surface area contributed by atoms with E-state index in [1.54, 1.807) is 19.1 Å². The molecule has 0 bridgehead atoms. The number of carbonyl (C=O) groups excluding carboxylic acids is 1. The fourth-order valence-corrected chi connectivity index (χ4v) is 2.86. The lowest BCUT2D eigenvalue weighted by Gasteiger charge is -2.08. The number of hydrogen-bond acceptors (Lipinski definition) is 8. The highest BCUT2D eigenvalue weighted by Crippen LogP contribution is 2.27. The number of benzene rings is 2. The number of ether oxygens (including phenoxy) is 3. The Morgan fingerprint density at radius 1 is 0.931 bits per heavy atom. The van der Waals surface area contributed by atoms with Gasteiger partial charge in [0.1, 0.15) is 28.9 Å². The lowest BCUT2D eigenvalue weighted by Crippen LogP contribution is -2.08. The predicted molar refractivity (Wildman–Crippen MR) is 103 cm³/mol. The van der Waals surface area contributed by atoms with Crippen LogP contribution in [0.3, 0.4) is 0 Å². The van der Waals surface area contributed by atoms with Gasteiger partial charge < -0.3 is 23.0 Å². The lowest BCUT2D eigenvalue weighted by atomic mass is 10.1. The summed E-state index contributed by atoms with van der Waals surface area (Å²) >= 11 is 0. The van der Waals surface area contributed by atoms with Crippen molar-refractivity contribution >= 4 is 28.1 Å². The molecule has 0 radical (unpaired) electrons. The van der Waals surface area contributed by atoms with Gasteiger partial charge >= 0.3 is 11.8 Å². The van der Waals surface area contributed by atoms with E-state index in [1.807, 2.05) is 0 Å². The van der Waals surface area contributed by atoms with E-state index < -0.39 is 17.2 Å². The van der Waals surface area contributed by atoms with E-state index in [1.165, 1.54) is 37.4 Å². The van der Waals surface area contributed by atoms with E-state index in [-0.39, 0.29) is 22.5 Å². The van der Waals surface area contributed by atoms with E-state index in [2.05, 4.69) is 4.74 Å². The molecule has 0 aliphatic carbocycles. The summed E-state index contributed by atoms with van der Waals surface area (Å²) in [5.41, 5.74) is 0.452. The molecular weight excluding hydrogens is 380 g/mol. The minimum absolute atomic E-state index is 0.0477. The average molecular weight is 394 g/mol. The molecule has 4 rings (SSSR count). The first-order valence-electron chi connectivity index (χ1n) is 8.48. The highest BCUT2D eigenvalue weighted by atomic mass is 16.7. The summed E-state index contributed by atoms with van der Waals surface area (Å²) in [4.78, 5) is 35.5. The van der Waals surface area contributed by atoms with Crippen LogP contribution in [-0.2, 0) is 4.74 Å². The highest BCUT2D eigenvalue weighted by molar-refractivity contribution is 5.82. The van der Waals surface area contributed by atoms with Gasteiger partial charge in [-0.15, -0.1) is 0 Å². The minimum atomic E-state index is -0.884. The molecule has 0 aliphatic heterocycles. The van der Waals surface area contributed by atoms with Crippen LogP contribution in [0.15, 0.2) is 67.2 Å². The molecule has 0 N–H and O–H groups in total. The zero-order chi connectivity index (χ0) is 20.5. The van der Waals surface area contributed by atoms with Gasteiger partial charge in [-0.25, -0.2) is 9.59 Å². The molecule has 0 amide bonds. The maximum atomic E-state index is 12.7. The van der Waals surface area contributed by atoms with Crippen molar-refractivity contribution in [2.75, 3.05) is 7.11 Å². The second kappa shape index (κ2) is 7.16. The summed E-state index contributed by atoms with van der Waals surface area (Å²) < 4.78 is 25.6. The molecule has 4 aromatic rings. The Kier molecular flexibility index (Phi) is 4.52. The lowest BCUT2D eigenvalue weighted by molar-refractivity contribution is 0.121. The fourth-order valence-electron chi connectivity index (χ4n) is 2.86. The van der Waals surface area contributed by atoms with Crippen LogP contribution in [0.5, 0.6) is 17.2 Å². The van der Waals surface area contributed by atoms with Gasteiger partial charge in [0, 0.05) is 23.6 Å². The standard InChI is InChI=1S/C21H14O8/c1-11-7-19(22)29-17-9-12(3-5-14(11)17)27-18-10-26-16-8-13(28-21(24)25-2)4-6-15(16)20(18)23/h3-10H,1-2H3. The van der Waals surface area contributed by atoms with Crippen LogP contribution in [0, 0.1) is 6.92 Å². The molecule has 0 aliphatic rings. The number of rotatable bonds is 3. The Balaban J connectivity index is 1.69. The molecule has 8 nitrogen and oxygen atoms in total. The Morgan fingerprint density at radius 2 is 1.66 bits per heavy atom. The summed E-state index contributed by atoms with van der Waals surface area (Å²) in [5, 5.41) is 1.00. The second-order valence-corrected chi connectivity index (χ2v) is 6.15. The van der Waals surface area contributed by atoms with Crippen molar-refractivity contribution in [3.05, 3.63) is 74.9 Å². The quantitative estimate of drug-likeness (QED) is 0.290. The minimum Gasteiger partial charge on any atom is -0.460 e. The monoisotopic (exact) mass is 394 g/mol. The Morgan fingerprint density at radius 3 is 2.45 bits per heavy atom. The third-order valence-corrected chi connectivity index (χ3v) is 4.23. The summed E-state index contributed by atoms with van der Waals surface area (Å²) in [6.07, 6.45) is 0.272. The zero-order valence-electron chi connectivity index (χ0n) is 15.4. The van der Waals surface area contributed by atoms with Gasteiger partial charge in [0.05, 0.1) is 12.5 Å². The van der Waals surface area contributed by atoms with Crippen molar-refractivity contribution in [1.82, 2.24) is 0 Å². The van der Waals surface area contributed by atoms with E-state index in [0.717, 1.165) is 17.2 Å². The summed E-state index contributed by atoms with van der Waals surface area (Å²) in [7, 11) is 1.19. The van der Waals surface area contributed by atoms with E-state index in [4.69, 9.17) is 18.3 Å². The third kappa shape index (κ3) is 3.55. The van der Waals surface area contributed by atoms with Gasteiger partial charge in [-0.3, -0.25) is 4.79 Å². The topological polar surface area (TPSA) is 105 Å². The van der Waals surface area contributed by atoms with Crippen LogP contribution in [0.4, 0.5) is 4.79 Å². The average Bonchev–Trinajstić information content (AvgIpc) is 2.69. The van der Waals surface area contributed by atoms with E-state index >= 15 is 0 Å². The maximum absolute atomic E-state index is 12.7. The normalized spacial score (nSPS) is 10.8. The number of carbonyl (C=O) groups is 1. The van der Waals surface area contributed by atoms with Crippen molar-refractivity contribution in [3.63, 3.8) is 0 Å². The smallest absolute Gasteiger partial charge is 0.460 e. The number of hydrogen-bond donors (Lipinski definition) is 0. The van der Waals surface area contributed by atoms with Gasteiger partial charge in [-0.1, -0.05) is 0 Å². The van der Waals surface area contributed by atoms with Crippen LogP contribution in [-0.4, -0.2) is 13.3 Å². The first kappa shape index (κ1) is 18.3. The summed E-state index contributed by atoms with van der Waals surface area (Å²) in [6.45, 7) is 1.80. The molecule has 0 atom stereocenters. The molecule has 2 aromatic carbocycles. The molecule has 0 spiro atoms. The van der Waals surface area contributed by atoms with Gasteiger partial charge in [-0.05, 0) is 36.8 Å². The second-order valence-electron chi connectivity index (χ2n) is 6.15. The summed E-state index contributed by atoms with van der Waals surface area (Å²) in [5.74, 6) is 0.429. The van der Waals surface area contributed by atoms with Gasteiger partial charge in [0.25, 0.3) is 0 Å². The van der Waals surface area contributed by atoms with Gasteiger partial charge in [0.15, 0.2) is 0 Å². The molecule has 146 valence electrons. The third-order valence-electron chi connectivity index (χ3n) is 4.23. The van der Waals surface area contributed by atoms with E-state index in [9.17, 15) is 14.4 Å².